The van der Waals surface area contributed by atoms with E-state index in [1.807, 2.05) is 0 Å². The number of ketones is 1. The van der Waals surface area contributed by atoms with Crippen LogP contribution in [0.5, 0.6) is 0 Å². The van der Waals surface area contributed by atoms with Gasteiger partial charge in [0.1, 0.15) is 17.2 Å². The number of rotatable bonds is 9. The number of halogens is 1. The van der Waals surface area contributed by atoms with Crippen LogP contribution in [0, 0.1) is 5.82 Å². The lowest BCUT2D eigenvalue weighted by atomic mass is 9.95. The van der Waals surface area contributed by atoms with Crippen molar-refractivity contribution >= 4 is 42.5 Å². The number of sulfonamides is 2. The molecule has 1 N–H and O–H groups in total. The maximum atomic E-state index is 13.6. The molecule has 0 aliphatic rings. The molecule has 1 heterocycles. The molecule has 0 aliphatic heterocycles. The fourth-order valence-corrected chi connectivity index (χ4v) is 5.06. The summed E-state index contributed by atoms with van der Waals surface area (Å²) in [7, 11) is -5.70. The summed E-state index contributed by atoms with van der Waals surface area (Å²) in [5.41, 5.74) is 3.21. The monoisotopic (exact) mass is 558 g/mol. The molecular formula is C27H27FN2O6S2. The minimum Gasteiger partial charge on any atom is -0.455 e. The Morgan fingerprint density at radius 1 is 0.974 bits per heavy atom. The van der Waals surface area contributed by atoms with Gasteiger partial charge in [-0.05, 0) is 47.5 Å². The highest BCUT2D eigenvalue weighted by Crippen LogP contribution is 2.41. The van der Waals surface area contributed by atoms with Gasteiger partial charge in [-0.15, -0.1) is 0 Å². The summed E-state index contributed by atoms with van der Waals surface area (Å²) in [5.74, 6) is -0.356. The number of benzene rings is 3. The van der Waals surface area contributed by atoms with Crippen LogP contribution < -0.4 is 9.03 Å². The summed E-state index contributed by atoms with van der Waals surface area (Å²) in [5, 5.41) is 0.483. The molecule has 4 aromatic rings. The molecule has 0 saturated heterocycles. The molecule has 0 unspecified atom stereocenters. The van der Waals surface area contributed by atoms with Crippen molar-refractivity contribution in [3.63, 3.8) is 0 Å². The topological polar surface area (TPSA) is 114 Å². The molecule has 200 valence electrons. The van der Waals surface area contributed by atoms with Gasteiger partial charge in [0.15, 0.2) is 5.78 Å². The molecule has 38 heavy (non-hydrogen) atoms. The maximum Gasteiger partial charge on any atom is 0.232 e. The molecule has 8 nitrogen and oxygen atoms in total. The first-order chi connectivity index (χ1) is 17.8. The smallest absolute Gasteiger partial charge is 0.232 e. The summed E-state index contributed by atoms with van der Waals surface area (Å²) in [6.07, 6.45) is 2.33. The second-order valence-corrected chi connectivity index (χ2v) is 12.8. The van der Waals surface area contributed by atoms with Gasteiger partial charge in [-0.25, -0.2) is 25.9 Å². The van der Waals surface area contributed by atoms with Gasteiger partial charge in [-0.3, -0.25) is 9.10 Å². The first kappa shape index (κ1) is 27.5. The van der Waals surface area contributed by atoms with E-state index >= 15 is 0 Å². The average molecular weight is 559 g/mol. The van der Waals surface area contributed by atoms with Crippen LogP contribution in [0.1, 0.15) is 29.3 Å². The Labute approximate surface area is 221 Å². The largest absolute Gasteiger partial charge is 0.455 e. The Balaban J connectivity index is 2.00. The predicted molar refractivity (Wildman–Crippen MR) is 147 cm³/mol. The van der Waals surface area contributed by atoms with Crippen molar-refractivity contribution in [3.05, 3.63) is 77.6 Å². The van der Waals surface area contributed by atoms with Gasteiger partial charge in [0.05, 0.1) is 23.8 Å². The Morgan fingerprint density at radius 3 is 2.26 bits per heavy atom. The Kier molecular flexibility index (Phi) is 7.46. The highest BCUT2D eigenvalue weighted by Gasteiger charge is 2.25. The second-order valence-electron chi connectivity index (χ2n) is 8.98. The van der Waals surface area contributed by atoms with Crippen molar-refractivity contribution in [1.82, 2.24) is 4.72 Å². The number of carbonyl (C=O) groups is 1. The molecular weight excluding hydrogens is 531 g/mol. The zero-order valence-corrected chi connectivity index (χ0v) is 22.9. The third-order valence-corrected chi connectivity index (χ3v) is 7.99. The SMILES string of the molecule is CCC(=O)c1c(-c2ccc(F)cc2)oc2cc(N(C)S(C)(=O)=O)c(-c3cccc(CNS(C)(=O)=O)c3)cc12. The quantitative estimate of drug-likeness (QED) is 0.291. The summed E-state index contributed by atoms with van der Waals surface area (Å²) in [6.45, 7) is 1.77. The van der Waals surface area contributed by atoms with Gasteiger partial charge in [-0.1, -0.05) is 25.1 Å². The number of hydrogen-bond acceptors (Lipinski definition) is 6. The lowest BCUT2D eigenvalue weighted by Crippen LogP contribution is -2.25. The third-order valence-electron chi connectivity index (χ3n) is 6.13. The lowest BCUT2D eigenvalue weighted by molar-refractivity contribution is 0.0989. The van der Waals surface area contributed by atoms with E-state index in [2.05, 4.69) is 4.72 Å². The molecule has 0 aliphatic carbocycles. The van der Waals surface area contributed by atoms with Crippen LogP contribution in [0.2, 0.25) is 0 Å². The number of anilines is 1. The van der Waals surface area contributed by atoms with Crippen LogP contribution in [0.3, 0.4) is 0 Å². The Hall–Kier alpha value is -3.54. The first-order valence-electron chi connectivity index (χ1n) is 11.7. The minimum absolute atomic E-state index is 0.0478. The van der Waals surface area contributed by atoms with Gasteiger partial charge >= 0.3 is 0 Å². The number of nitrogens with zero attached hydrogens (tertiary/aromatic N) is 1. The molecule has 0 atom stereocenters. The summed E-state index contributed by atoms with van der Waals surface area (Å²) in [4.78, 5) is 13.1. The maximum absolute atomic E-state index is 13.6. The van der Waals surface area contributed by atoms with Crippen molar-refractivity contribution in [1.29, 1.82) is 0 Å². The summed E-state index contributed by atoms with van der Waals surface area (Å²) < 4.78 is 71.5. The van der Waals surface area contributed by atoms with Crippen LogP contribution in [-0.2, 0) is 26.6 Å². The minimum atomic E-state index is -3.68. The molecule has 11 heteroatoms. The molecule has 3 aromatic carbocycles. The van der Waals surface area contributed by atoms with E-state index < -0.39 is 25.9 Å². The van der Waals surface area contributed by atoms with Crippen molar-refractivity contribution in [2.75, 3.05) is 23.9 Å². The molecule has 0 amide bonds. The zero-order chi connectivity index (χ0) is 27.8. The second kappa shape index (κ2) is 10.3. The summed E-state index contributed by atoms with van der Waals surface area (Å²) >= 11 is 0. The predicted octanol–water partition coefficient (Wildman–Crippen LogP) is 4.94. The molecule has 0 fully saturated rings. The average Bonchev–Trinajstić information content (AvgIpc) is 3.24. The first-order valence-corrected chi connectivity index (χ1v) is 15.4. The highest BCUT2D eigenvalue weighted by atomic mass is 32.2. The Bertz CT molecular complexity index is 1740. The van der Waals surface area contributed by atoms with Crippen molar-refractivity contribution in [2.24, 2.45) is 0 Å². The van der Waals surface area contributed by atoms with Crippen LogP contribution in [0.4, 0.5) is 10.1 Å². The number of furan rings is 1. The number of fused-ring (bicyclic) bond motifs is 1. The van der Waals surface area contributed by atoms with E-state index in [4.69, 9.17) is 4.42 Å². The van der Waals surface area contributed by atoms with E-state index in [1.54, 1.807) is 43.3 Å². The van der Waals surface area contributed by atoms with Crippen LogP contribution in [-0.4, -0.2) is 42.2 Å². The van der Waals surface area contributed by atoms with Crippen LogP contribution >= 0.6 is 0 Å². The van der Waals surface area contributed by atoms with Gasteiger partial charge < -0.3 is 4.42 Å². The molecule has 0 saturated carbocycles. The number of Topliss-reactive ketones (excluding diaryl/α,β-unsaturated/α-hetero) is 1. The number of carbonyl (C=O) groups excluding carboxylic acids is 1. The standard InChI is InChI=1S/C27H27FN2O6S2/c1-5-24(31)26-22-14-21(19-8-6-7-17(13-19)16-29-37(3,32)33)23(30(2)38(4,34)35)15-25(22)36-27(26)18-9-11-20(28)12-10-18/h6-15,29H,5,16H2,1-4H3. The summed E-state index contributed by atoms with van der Waals surface area (Å²) in [6, 6.07) is 15.8. The number of nitrogens with one attached hydrogen (secondary N) is 1. The Morgan fingerprint density at radius 2 is 1.66 bits per heavy atom. The lowest BCUT2D eigenvalue weighted by Gasteiger charge is -2.21. The molecule has 0 spiro atoms. The third kappa shape index (κ3) is 5.79. The van der Waals surface area contributed by atoms with Crippen LogP contribution in [0.15, 0.2) is 65.1 Å². The van der Waals surface area contributed by atoms with Crippen molar-refractivity contribution in [2.45, 2.75) is 19.9 Å². The number of hydrogen-bond donors (Lipinski definition) is 1. The van der Waals surface area contributed by atoms with Gasteiger partial charge in [0, 0.05) is 42.6 Å². The fourth-order valence-electron chi connectivity index (χ4n) is 4.12. The normalized spacial score (nSPS) is 12.1. The molecule has 0 bridgehead atoms. The van der Waals surface area contributed by atoms with E-state index in [0.717, 1.165) is 16.8 Å². The van der Waals surface area contributed by atoms with Gasteiger partial charge in [-0.2, -0.15) is 0 Å². The van der Waals surface area contributed by atoms with Crippen LogP contribution in [0.25, 0.3) is 33.4 Å². The van der Waals surface area contributed by atoms with Gasteiger partial charge in [0.2, 0.25) is 20.0 Å². The van der Waals surface area contributed by atoms with Crippen molar-refractivity contribution < 1.29 is 30.4 Å². The van der Waals surface area contributed by atoms with E-state index in [1.165, 1.54) is 31.3 Å². The van der Waals surface area contributed by atoms with Crippen molar-refractivity contribution in [3.8, 4) is 22.5 Å². The van der Waals surface area contributed by atoms with E-state index in [-0.39, 0.29) is 24.5 Å². The van der Waals surface area contributed by atoms with E-state index in [9.17, 15) is 26.0 Å². The fraction of sp³-hybridized carbons (Fsp3) is 0.222. The molecule has 1 aromatic heterocycles. The van der Waals surface area contributed by atoms with E-state index in [0.29, 0.717) is 44.5 Å². The highest BCUT2D eigenvalue weighted by molar-refractivity contribution is 7.92. The molecule has 0 radical (unpaired) electrons. The molecule has 4 rings (SSSR count). The van der Waals surface area contributed by atoms with Gasteiger partial charge in [0.25, 0.3) is 0 Å². The zero-order valence-electron chi connectivity index (χ0n) is 21.3.